The Labute approximate surface area is 139 Å². The van der Waals surface area contributed by atoms with Crippen LogP contribution in [0, 0.1) is 0 Å². The first-order valence-corrected chi connectivity index (χ1v) is 7.01. The summed E-state index contributed by atoms with van der Waals surface area (Å²) >= 11 is 0. The third kappa shape index (κ3) is 14.2. The molecule has 0 aliphatic rings. The van der Waals surface area contributed by atoms with Gasteiger partial charge in [0.2, 0.25) is 5.91 Å². The van der Waals surface area contributed by atoms with E-state index >= 15 is 0 Å². The molecular formula is C14H26NNaO3. The number of carboxylic acids is 1. The molecule has 0 radical (unpaired) electrons. The molecule has 5 heteroatoms. The van der Waals surface area contributed by atoms with E-state index in [2.05, 4.69) is 6.92 Å². The van der Waals surface area contributed by atoms with Crippen LogP contribution in [-0.4, -0.2) is 30.4 Å². The Balaban J connectivity index is 0. The van der Waals surface area contributed by atoms with E-state index in [0.717, 1.165) is 12.8 Å². The van der Waals surface area contributed by atoms with Crippen LogP contribution in [0.5, 0.6) is 0 Å². The fraction of sp³-hybridized carbons (Fsp3) is 0.857. The van der Waals surface area contributed by atoms with Gasteiger partial charge in [-0.1, -0.05) is 45.4 Å². The molecule has 0 saturated heterocycles. The van der Waals surface area contributed by atoms with Gasteiger partial charge in [0.15, 0.2) is 0 Å². The van der Waals surface area contributed by atoms with E-state index < -0.39 is 5.97 Å². The van der Waals surface area contributed by atoms with Crippen molar-refractivity contribution in [2.45, 2.75) is 64.7 Å². The summed E-state index contributed by atoms with van der Waals surface area (Å²) < 4.78 is 0. The molecule has 0 N–H and O–H groups in total. The number of carbonyl (C=O) groups excluding carboxylic acids is 2. The summed E-state index contributed by atoms with van der Waals surface area (Å²) in [5, 5.41) is 10.3. The largest absolute Gasteiger partial charge is 1.00 e. The van der Waals surface area contributed by atoms with Crippen molar-refractivity contribution in [1.82, 2.24) is 4.90 Å². The topological polar surface area (TPSA) is 60.4 Å². The van der Waals surface area contributed by atoms with E-state index in [0.29, 0.717) is 6.42 Å². The predicted octanol–water partition coefficient (Wildman–Crippen LogP) is -1.27. The number of amides is 1. The summed E-state index contributed by atoms with van der Waals surface area (Å²) in [6, 6.07) is 0. The van der Waals surface area contributed by atoms with Crippen molar-refractivity contribution in [2.24, 2.45) is 0 Å². The molecule has 0 rings (SSSR count). The van der Waals surface area contributed by atoms with Gasteiger partial charge < -0.3 is 14.8 Å². The van der Waals surface area contributed by atoms with E-state index in [1.807, 2.05) is 0 Å². The van der Waals surface area contributed by atoms with Crippen molar-refractivity contribution < 1.29 is 44.3 Å². The fourth-order valence-corrected chi connectivity index (χ4v) is 1.81. The normalized spacial score (nSPS) is 9.79. The molecule has 0 spiro atoms. The van der Waals surface area contributed by atoms with Crippen LogP contribution in [0.2, 0.25) is 0 Å². The summed E-state index contributed by atoms with van der Waals surface area (Å²) in [5.41, 5.74) is 0. The average Bonchev–Trinajstić information content (AvgIpc) is 2.34. The molecule has 0 aliphatic heterocycles. The van der Waals surface area contributed by atoms with Gasteiger partial charge in [-0.15, -0.1) is 0 Å². The van der Waals surface area contributed by atoms with Crippen LogP contribution in [-0.2, 0) is 9.59 Å². The van der Waals surface area contributed by atoms with Gasteiger partial charge in [-0.05, 0) is 6.42 Å². The molecule has 0 fully saturated rings. The fourth-order valence-electron chi connectivity index (χ4n) is 1.81. The molecule has 0 unspecified atom stereocenters. The Morgan fingerprint density at radius 2 is 1.47 bits per heavy atom. The molecule has 0 aliphatic carbocycles. The average molecular weight is 279 g/mol. The third-order valence-corrected chi connectivity index (χ3v) is 3.07. The summed E-state index contributed by atoms with van der Waals surface area (Å²) in [4.78, 5) is 23.3. The zero-order chi connectivity index (χ0) is 13.8. The van der Waals surface area contributed by atoms with Crippen molar-refractivity contribution >= 4 is 11.9 Å². The zero-order valence-electron chi connectivity index (χ0n) is 12.7. The standard InChI is InChI=1S/C14H27NO3.Na/c1-3-4-5-6-7-8-9-10-13(16)15(2)12-11-14(17)18;/h3-12H2,1-2H3,(H,17,18);/q;+1/p-1. The maximum atomic E-state index is 11.6. The molecule has 0 aromatic heterocycles. The molecular weight excluding hydrogens is 253 g/mol. The molecule has 0 heterocycles. The van der Waals surface area contributed by atoms with Crippen molar-refractivity contribution in [3.8, 4) is 0 Å². The van der Waals surface area contributed by atoms with Crippen LogP contribution in [0.25, 0.3) is 0 Å². The molecule has 106 valence electrons. The number of carbonyl (C=O) groups is 2. The smallest absolute Gasteiger partial charge is 0.550 e. The van der Waals surface area contributed by atoms with Gasteiger partial charge in [-0.3, -0.25) is 4.79 Å². The number of rotatable bonds is 11. The second kappa shape index (κ2) is 14.4. The summed E-state index contributed by atoms with van der Waals surface area (Å²) in [5.74, 6) is -1.07. The Morgan fingerprint density at radius 1 is 0.947 bits per heavy atom. The molecule has 19 heavy (non-hydrogen) atoms. The van der Waals surface area contributed by atoms with Gasteiger partial charge in [0.1, 0.15) is 0 Å². The molecule has 0 aromatic carbocycles. The van der Waals surface area contributed by atoms with Crippen LogP contribution in [0.1, 0.15) is 64.7 Å². The maximum Gasteiger partial charge on any atom is 1.00 e. The first-order chi connectivity index (χ1) is 8.57. The van der Waals surface area contributed by atoms with Crippen molar-refractivity contribution in [3.05, 3.63) is 0 Å². The molecule has 0 atom stereocenters. The molecule has 0 bridgehead atoms. The summed E-state index contributed by atoms with van der Waals surface area (Å²) in [7, 11) is 1.65. The minimum atomic E-state index is -1.11. The van der Waals surface area contributed by atoms with E-state index in [4.69, 9.17) is 0 Å². The molecule has 1 amide bonds. The van der Waals surface area contributed by atoms with Gasteiger partial charge in [0, 0.05) is 32.4 Å². The number of hydrogen-bond acceptors (Lipinski definition) is 3. The van der Waals surface area contributed by atoms with Crippen LogP contribution in [0.4, 0.5) is 0 Å². The van der Waals surface area contributed by atoms with Gasteiger partial charge in [-0.2, -0.15) is 0 Å². The van der Waals surface area contributed by atoms with E-state index in [-0.39, 0.29) is 48.4 Å². The van der Waals surface area contributed by atoms with E-state index in [1.165, 1.54) is 37.0 Å². The van der Waals surface area contributed by atoms with Crippen LogP contribution >= 0.6 is 0 Å². The molecule has 0 aromatic rings. The Bertz CT molecular complexity index is 247. The number of carboxylic acid groups (broad SMARTS) is 1. The second-order valence-electron chi connectivity index (χ2n) is 4.81. The monoisotopic (exact) mass is 279 g/mol. The SMILES string of the molecule is CCCCCCCCCC(=O)N(C)CCC(=O)[O-].[Na+]. The molecule has 4 nitrogen and oxygen atoms in total. The van der Waals surface area contributed by atoms with Crippen LogP contribution < -0.4 is 34.7 Å². The predicted molar refractivity (Wildman–Crippen MR) is 69.9 cm³/mol. The van der Waals surface area contributed by atoms with Crippen molar-refractivity contribution in [3.63, 3.8) is 0 Å². The second-order valence-corrected chi connectivity index (χ2v) is 4.81. The number of unbranched alkanes of at least 4 members (excludes halogenated alkanes) is 6. The first-order valence-electron chi connectivity index (χ1n) is 7.01. The summed E-state index contributed by atoms with van der Waals surface area (Å²) in [6.07, 6.45) is 8.71. The van der Waals surface area contributed by atoms with Crippen LogP contribution in [0.15, 0.2) is 0 Å². The number of hydrogen-bond donors (Lipinski definition) is 0. The van der Waals surface area contributed by atoms with Gasteiger partial charge in [0.05, 0.1) is 0 Å². The van der Waals surface area contributed by atoms with Gasteiger partial charge in [0.25, 0.3) is 0 Å². The quantitative estimate of drug-likeness (QED) is 0.350. The Hall–Kier alpha value is -0.0600. The third-order valence-electron chi connectivity index (χ3n) is 3.07. The first kappa shape index (κ1) is 21.2. The maximum absolute atomic E-state index is 11.6. The van der Waals surface area contributed by atoms with E-state index in [1.54, 1.807) is 7.05 Å². The number of nitrogens with zero attached hydrogens (tertiary/aromatic N) is 1. The zero-order valence-corrected chi connectivity index (χ0v) is 14.7. The minimum absolute atomic E-state index is 0. The van der Waals surface area contributed by atoms with Crippen molar-refractivity contribution in [2.75, 3.05) is 13.6 Å². The minimum Gasteiger partial charge on any atom is -0.550 e. The van der Waals surface area contributed by atoms with Crippen LogP contribution in [0.3, 0.4) is 0 Å². The van der Waals surface area contributed by atoms with Crippen molar-refractivity contribution in [1.29, 1.82) is 0 Å². The number of aliphatic carboxylic acids is 1. The van der Waals surface area contributed by atoms with Gasteiger partial charge in [-0.25, -0.2) is 0 Å². The summed E-state index contributed by atoms with van der Waals surface area (Å²) in [6.45, 7) is 2.44. The Kier molecular flexibility index (Phi) is 16.0. The van der Waals surface area contributed by atoms with E-state index in [9.17, 15) is 14.7 Å². The molecule has 0 saturated carbocycles. The Morgan fingerprint density at radius 3 is 2.00 bits per heavy atom. The van der Waals surface area contributed by atoms with Gasteiger partial charge >= 0.3 is 29.6 Å².